The van der Waals surface area contributed by atoms with E-state index in [-0.39, 0.29) is 24.2 Å². The number of aromatic nitrogens is 2. The number of rotatable bonds is 11. The van der Waals surface area contributed by atoms with E-state index in [1.807, 2.05) is 33.7 Å². The Morgan fingerprint density at radius 3 is 2.29 bits per heavy atom. The number of para-hydroxylation sites is 2. The Bertz CT molecular complexity index is 1100. The van der Waals surface area contributed by atoms with Gasteiger partial charge in [0.15, 0.2) is 0 Å². The van der Waals surface area contributed by atoms with Gasteiger partial charge in [-0.25, -0.2) is 9.37 Å². The van der Waals surface area contributed by atoms with Crippen molar-refractivity contribution in [1.29, 1.82) is 0 Å². The van der Waals surface area contributed by atoms with Crippen LogP contribution in [0, 0.1) is 17.7 Å². The second kappa shape index (κ2) is 11.8. The van der Waals surface area contributed by atoms with Crippen LogP contribution in [0.25, 0.3) is 11.0 Å². The largest absolute Gasteiger partial charge is 0.352 e. The van der Waals surface area contributed by atoms with Crippen LogP contribution in [0.3, 0.4) is 0 Å². The fourth-order valence-electron chi connectivity index (χ4n) is 4.04. The lowest BCUT2D eigenvalue weighted by Crippen LogP contribution is -2.39. The normalized spacial score (nSPS) is 11.4. The third kappa shape index (κ3) is 6.89. The van der Waals surface area contributed by atoms with Gasteiger partial charge >= 0.3 is 0 Å². The zero-order valence-corrected chi connectivity index (χ0v) is 20.6. The number of halogens is 1. The highest BCUT2D eigenvalue weighted by Crippen LogP contribution is 2.18. The molecule has 7 heteroatoms. The molecular weight excluding hydrogens is 431 g/mol. The summed E-state index contributed by atoms with van der Waals surface area (Å²) in [5.74, 6) is 1.11. The summed E-state index contributed by atoms with van der Waals surface area (Å²) >= 11 is 0. The van der Waals surface area contributed by atoms with E-state index in [1.165, 1.54) is 24.3 Å². The van der Waals surface area contributed by atoms with Crippen LogP contribution in [0.2, 0.25) is 0 Å². The van der Waals surface area contributed by atoms with Gasteiger partial charge < -0.3 is 14.8 Å². The molecular formula is C27H35FN4O2. The monoisotopic (exact) mass is 466 g/mol. The van der Waals surface area contributed by atoms with E-state index in [2.05, 4.69) is 33.0 Å². The van der Waals surface area contributed by atoms with Crippen molar-refractivity contribution in [3.63, 3.8) is 0 Å². The van der Waals surface area contributed by atoms with Crippen molar-refractivity contribution in [2.24, 2.45) is 11.8 Å². The van der Waals surface area contributed by atoms with E-state index in [9.17, 15) is 14.0 Å². The lowest BCUT2D eigenvalue weighted by Gasteiger charge is -2.27. The molecule has 0 atom stereocenters. The Labute approximate surface area is 201 Å². The van der Waals surface area contributed by atoms with Crippen LogP contribution in [-0.2, 0) is 17.8 Å². The number of amides is 2. The molecule has 1 heterocycles. The molecule has 3 rings (SSSR count). The van der Waals surface area contributed by atoms with E-state index in [0.29, 0.717) is 36.8 Å². The molecule has 3 aromatic rings. The van der Waals surface area contributed by atoms with Crippen molar-refractivity contribution in [2.45, 2.75) is 47.1 Å². The quantitative estimate of drug-likeness (QED) is 0.417. The van der Waals surface area contributed by atoms with Crippen LogP contribution in [0.4, 0.5) is 4.39 Å². The molecule has 1 aromatic heterocycles. The molecule has 0 saturated heterocycles. The van der Waals surface area contributed by atoms with Crippen LogP contribution in [0.5, 0.6) is 0 Å². The molecule has 0 saturated carbocycles. The lowest BCUT2D eigenvalue weighted by atomic mass is 10.1. The second-order valence-electron chi connectivity index (χ2n) is 9.56. The minimum Gasteiger partial charge on any atom is -0.352 e. The SMILES string of the molecule is CC(C)CN(CC(C)C)C(=O)Cn1c(CCCNC(=O)c2ccc(F)cc2)nc2ccccc21. The first-order valence-electron chi connectivity index (χ1n) is 12.0. The number of carbonyl (C=O) groups is 2. The molecule has 6 nitrogen and oxygen atoms in total. The van der Waals surface area contributed by atoms with Crippen molar-refractivity contribution in [2.75, 3.05) is 19.6 Å². The molecule has 34 heavy (non-hydrogen) atoms. The topological polar surface area (TPSA) is 67.2 Å². The molecule has 0 fully saturated rings. The van der Waals surface area contributed by atoms with Crippen LogP contribution < -0.4 is 5.32 Å². The number of aryl methyl sites for hydroxylation is 1. The maximum atomic E-state index is 13.3. The highest BCUT2D eigenvalue weighted by atomic mass is 19.1. The summed E-state index contributed by atoms with van der Waals surface area (Å²) in [6, 6.07) is 13.3. The van der Waals surface area contributed by atoms with Crippen molar-refractivity contribution < 1.29 is 14.0 Å². The highest BCUT2D eigenvalue weighted by molar-refractivity contribution is 5.94. The van der Waals surface area contributed by atoms with Crippen LogP contribution in [0.1, 0.15) is 50.3 Å². The fourth-order valence-corrected chi connectivity index (χ4v) is 4.04. The van der Waals surface area contributed by atoms with Crippen molar-refractivity contribution in [3.8, 4) is 0 Å². The van der Waals surface area contributed by atoms with Gasteiger partial charge in [-0.15, -0.1) is 0 Å². The van der Waals surface area contributed by atoms with E-state index < -0.39 is 0 Å². The zero-order valence-electron chi connectivity index (χ0n) is 20.6. The smallest absolute Gasteiger partial charge is 0.251 e. The second-order valence-corrected chi connectivity index (χ2v) is 9.56. The summed E-state index contributed by atoms with van der Waals surface area (Å²) in [5.41, 5.74) is 2.23. The fraction of sp³-hybridized carbons (Fsp3) is 0.444. The summed E-state index contributed by atoms with van der Waals surface area (Å²) in [7, 11) is 0. The Hall–Kier alpha value is -3.22. The third-order valence-electron chi connectivity index (χ3n) is 5.52. The Kier molecular flexibility index (Phi) is 8.79. The van der Waals surface area contributed by atoms with Gasteiger partial charge in [-0.2, -0.15) is 0 Å². The van der Waals surface area contributed by atoms with Gasteiger partial charge in [0.2, 0.25) is 5.91 Å². The number of imidazole rings is 1. The maximum Gasteiger partial charge on any atom is 0.251 e. The van der Waals surface area contributed by atoms with E-state index in [0.717, 1.165) is 29.9 Å². The van der Waals surface area contributed by atoms with Gasteiger partial charge in [-0.1, -0.05) is 39.8 Å². The predicted octanol–water partition coefficient (Wildman–Crippen LogP) is 4.68. The van der Waals surface area contributed by atoms with Crippen LogP contribution in [0.15, 0.2) is 48.5 Å². The molecule has 2 amide bonds. The first-order chi connectivity index (χ1) is 16.2. The summed E-state index contributed by atoms with van der Waals surface area (Å²) < 4.78 is 15.1. The Morgan fingerprint density at radius 1 is 1.00 bits per heavy atom. The van der Waals surface area contributed by atoms with Gasteiger partial charge in [0.05, 0.1) is 11.0 Å². The van der Waals surface area contributed by atoms with Crippen LogP contribution >= 0.6 is 0 Å². The van der Waals surface area contributed by atoms with E-state index in [1.54, 1.807) is 0 Å². The van der Waals surface area contributed by atoms with Gasteiger partial charge in [0, 0.05) is 31.6 Å². The Balaban J connectivity index is 1.68. The molecule has 0 unspecified atom stereocenters. The zero-order chi connectivity index (χ0) is 24.7. The number of carbonyl (C=O) groups excluding carboxylic acids is 2. The summed E-state index contributed by atoms with van der Waals surface area (Å²) in [6.07, 6.45) is 1.30. The summed E-state index contributed by atoms with van der Waals surface area (Å²) in [4.78, 5) is 32.3. The third-order valence-corrected chi connectivity index (χ3v) is 5.52. The van der Waals surface area contributed by atoms with Crippen molar-refractivity contribution in [3.05, 3.63) is 65.7 Å². The maximum absolute atomic E-state index is 13.3. The van der Waals surface area contributed by atoms with Crippen LogP contribution in [-0.4, -0.2) is 45.9 Å². The average molecular weight is 467 g/mol. The van der Waals surface area contributed by atoms with Crippen molar-refractivity contribution in [1.82, 2.24) is 19.8 Å². The summed E-state index contributed by atoms with van der Waals surface area (Å²) in [5, 5.41) is 2.87. The summed E-state index contributed by atoms with van der Waals surface area (Å²) in [6.45, 7) is 10.7. The minimum absolute atomic E-state index is 0.0939. The molecule has 0 radical (unpaired) electrons. The van der Waals surface area contributed by atoms with Gasteiger partial charge in [-0.05, 0) is 54.7 Å². The Morgan fingerprint density at radius 2 is 1.65 bits per heavy atom. The molecule has 0 aliphatic heterocycles. The molecule has 0 bridgehead atoms. The number of fused-ring (bicyclic) bond motifs is 1. The first-order valence-corrected chi connectivity index (χ1v) is 12.0. The molecule has 1 N–H and O–H groups in total. The van der Waals surface area contributed by atoms with E-state index in [4.69, 9.17) is 4.98 Å². The predicted molar refractivity (Wildman–Crippen MR) is 133 cm³/mol. The standard InChI is InChI=1S/C27H35FN4O2/c1-19(2)16-31(17-20(3)4)26(33)18-32-24-9-6-5-8-23(24)30-25(32)10-7-15-29-27(34)21-11-13-22(28)14-12-21/h5-6,8-9,11-14,19-20H,7,10,15-18H2,1-4H3,(H,29,34). The number of nitrogens with zero attached hydrogens (tertiary/aromatic N) is 3. The van der Waals surface area contributed by atoms with Crippen molar-refractivity contribution >= 4 is 22.8 Å². The number of hydrogen-bond acceptors (Lipinski definition) is 3. The van der Waals surface area contributed by atoms with Gasteiger partial charge in [0.1, 0.15) is 18.2 Å². The molecule has 0 spiro atoms. The lowest BCUT2D eigenvalue weighted by molar-refractivity contribution is -0.132. The molecule has 182 valence electrons. The van der Waals surface area contributed by atoms with E-state index >= 15 is 0 Å². The number of hydrogen-bond donors (Lipinski definition) is 1. The first kappa shape index (κ1) is 25.4. The van der Waals surface area contributed by atoms with Gasteiger partial charge in [0.25, 0.3) is 5.91 Å². The number of nitrogens with one attached hydrogen (secondary N) is 1. The van der Waals surface area contributed by atoms with Gasteiger partial charge in [-0.3, -0.25) is 9.59 Å². The molecule has 0 aliphatic rings. The molecule has 2 aromatic carbocycles. The molecule has 0 aliphatic carbocycles. The number of benzene rings is 2. The highest BCUT2D eigenvalue weighted by Gasteiger charge is 2.20. The minimum atomic E-state index is -0.370. The average Bonchev–Trinajstić information content (AvgIpc) is 3.13.